The summed E-state index contributed by atoms with van der Waals surface area (Å²) in [5.41, 5.74) is 2.41. The molecule has 1 fully saturated rings. The number of ether oxygens (including phenoxy) is 1. The summed E-state index contributed by atoms with van der Waals surface area (Å²) in [6.07, 6.45) is -0.474. The molecule has 0 bridgehead atoms. The molecule has 1 rings (SSSR count). The molecule has 0 aromatic carbocycles. The minimum absolute atomic E-state index is 0.109. The van der Waals surface area contributed by atoms with Gasteiger partial charge in [-0.2, -0.15) is 0 Å². The molecule has 52 valence electrons. The number of nitrogens with two attached hydrogens (primary N) is 1. The van der Waals surface area contributed by atoms with Crippen molar-refractivity contribution in [3.8, 4) is 0 Å². The predicted molar refractivity (Wildman–Crippen MR) is 30.5 cm³/mol. The number of cyclic esters (lactones) is 1. The Labute approximate surface area is 52.5 Å². The van der Waals surface area contributed by atoms with Gasteiger partial charge in [0.1, 0.15) is 6.10 Å². The Balaban J connectivity index is 2.22. The van der Waals surface area contributed by atoms with Crippen LogP contribution in [0.2, 0.25) is 0 Å². The Morgan fingerprint density at radius 3 is 3.22 bits per heavy atom. The molecule has 5 heteroatoms. The Bertz CT molecular complexity index is 116. The maximum absolute atomic E-state index is 10.3. The van der Waals surface area contributed by atoms with Crippen LogP contribution in [-0.4, -0.2) is 25.3 Å². The van der Waals surface area contributed by atoms with Crippen LogP contribution in [0, 0.1) is 0 Å². The Morgan fingerprint density at radius 2 is 2.78 bits per heavy atom. The number of nitrogens with one attached hydrogen (secondary N) is 2. The van der Waals surface area contributed by atoms with Crippen molar-refractivity contribution in [2.45, 2.75) is 6.10 Å². The second-order valence-corrected chi connectivity index (χ2v) is 1.82. The third-order valence-corrected chi connectivity index (χ3v) is 1.09. The Morgan fingerprint density at radius 1 is 2.00 bits per heavy atom. The first-order valence-electron chi connectivity index (χ1n) is 2.71. The summed E-state index contributed by atoms with van der Waals surface area (Å²) in [5.74, 6) is 4.98. The third-order valence-electron chi connectivity index (χ3n) is 1.09. The van der Waals surface area contributed by atoms with Crippen molar-refractivity contribution in [1.29, 1.82) is 0 Å². The van der Waals surface area contributed by atoms with Crippen molar-refractivity contribution in [3.05, 3.63) is 0 Å². The number of alkyl carbamates (subject to hydrolysis) is 1. The van der Waals surface area contributed by atoms with E-state index in [0.29, 0.717) is 13.1 Å². The maximum atomic E-state index is 10.3. The molecule has 0 saturated carbocycles. The Kier molecular flexibility index (Phi) is 1.86. The third kappa shape index (κ3) is 1.55. The van der Waals surface area contributed by atoms with Crippen LogP contribution >= 0.6 is 0 Å². The van der Waals surface area contributed by atoms with Gasteiger partial charge in [0.15, 0.2) is 0 Å². The summed E-state index contributed by atoms with van der Waals surface area (Å²) in [7, 11) is 0. The zero-order chi connectivity index (χ0) is 6.69. The van der Waals surface area contributed by atoms with Gasteiger partial charge >= 0.3 is 6.09 Å². The Hall–Kier alpha value is -0.810. The van der Waals surface area contributed by atoms with Crippen LogP contribution in [0.3, 0.4) is 0 Å². The van der Waals surface area contributed by atoms with E-state index in [1.807, 2.05) is 0 Å². The van der Waals surface area contributed by atoms with E-state index in [0.717, 1.165) is 0 Å². The van der Waals surface area contributed by atoms with Gasteiger partial charge in [-0.15, -0.1) is 0 Å². The average Bonchev–Trinajstić information content (AvgIpc) is 2.17. The number of carbonyl (C=O) groups excluding carboxylic acids is 1. The number of amides is 1. The summed E-state index contributed by atoms with van der Waals surface area (Å²) in [4.78, 5) is 10.3. The van der Waals surface area contributed by atoms with Gasteiger partial charge in [-0.25, -0.2) is 4.79 Å². The minimum Gasteiger partial charge on any atom is -0.443 e. The van der Waals surface area contributed by atoms with Gasteiger partial charge in [0.05, 0.1) is 6.54 Å². The first kappa shape index (κ1) is 6.31. The van der Waals surface area contributed by atoms with Crippen molar-refractivity contribution in [1.82, 2.24) is 10.7 Å². The molecule has 0 aromatic heterocycles. The van der Waals surface area contributed by atoms with Crippen molar-refractivity contribution in [2.24, 2.45) is 5.84 Å². The lowest BCUT2D eigenvalue weighted by atomic mass is 10.4. The zero-order valence-electron chi connectivity index (χ0n) is 4.89. The molecule has 0 spiro atoms. The molecule has 1 heterocycles. The fourth-order valence-electron chi connectivity index (χ4n) is 0.677. The number of carbonyl (C=O) groups is 1. The quantitative estimate of drug-likeness (QED) is 0.317. The lowest BCUT2D eigenvalue weighted by Crippen LogP contribution is -2.33. The predicted octanol–water partition coefficient (Wildman–Crippen LogP) is -1.44. The first-order chi connectivity index (χ1) is 4.33. The molecule has 0 radical (unpaired) electrons. The van der Waals surface area contributed by atoms with Crippen LogP contribution in [0.1, 0.15) is 0 Å². The van der Waals surface area contributed by atoms with Crippen molar-refractivity contribution < 1.29 is 9.53 Å². The van der Waals surface area contributed by atoms with Crippen LogP contribution in [-0.2, 0) is 4.74 Å². The summed E-state index contributed by atoms with van der Waals surface area (Å²) >= 11 is 0. The molecular formula is C4H9N3O2. The molecule has 5 nitrogen and oxygen atoms in total. The van der Waals surface area contributed by atoms with Gasteiger partial charge in [-0.3, -0.25) is 11.3 Å². The van der Waals surface area contributed by atoms with Crippen LogP contribution in [0.4, 0.5) is 4.79 Å². The van der Waals surface area contributed by atoms with E-state index in [1.54, 1.807) is 0 Å². The van der Waals surface area contributed by atoms with Gasteiger partial charge in [0.25, 0.3) is 0 Å². The SMILES string of the molecule is NNCC1CNC(=O)O1. The topological polar surface area (TPSA) is 76.4 Å². The maximum Gasteiger partial charge on any atom is 0.407 e. The first-order valence-corrected chi connectivity index (χ1v) is 2.71. The summed E-state index contributed by atoms with van der Waals surface area (Å²) in [6.45, 7) is 1.04. The number of hydrogen-bond donors (Lipinski definition) is 3. The van der Waals surface area contributed by atoms with Crippen molar-refractivity contribution in [3.63, 3.8) is 0 Å². The summed E-state index contributed by atoms with van der Waals surface area (Å²) in [5, 5.41) is 2.50. The van der Waals surface area contributed by atoms with E-state index >= 15 is 0 Å². The fraction of sp³-hybridized carbons (Fsp3) is 0.750. The van der Waals surface area contributed by atoms with E-state index in [9.17, 15) is 4.79 Å². The molecule has 0 aromatic rings. The highest BCUT2D eigenvalue weighted by Crippen LogP contribution is 1.96. The largest absolute Gasteiger partial charge is 0.443 e. The standard InChI is InChI=1S/C4H9N3O2/c5-7-2-3-1-6-4(8)9-3/h3,7H,1-2,5H2,(H,6,8). The number of hydrazine groups is 1. The van der Waals surface area contributed by atoms with Gasteiger partial charge in [0.2, 0.25) is 0 Å². The van der Waals surface area contributed by atoms with E-state index in [-0.39, 0.29) is 12.2 Å². The highest BCUT2D eigenvalue weighted by atomic mass is 16.6. The highest BCUT2D eigenvalue weighted by molar-refractivity contribution is 5.69. The molecule has 1 amide bonds. The number of hydrogen-bond acceptors (Lipinski definition) is 4. The smallest absolute Gasteiger partial charge is 0.407 e. The van der Waals surface area contributed by atoms with Gasteiger partial charge < -0.3 is 10.1 Å². The molecular weight excluding hydrogens is 122 g/mol. The van der Waals surface area contributed by atoms with Gasteiger partial charge in [0, 0.05) is 6.54 Å². The van der Waals surface area contributed by atoms with Crippen molar-refractivity contribution >= 4 is 6.09 Å². The summed E-state index contributed by atoms with van der Waals surface area (Å²) < 4.78 is 4.71. The average molecular weight is 131 g/mol. The number of rotatable bonds is 2. The molecule has 1 aliphatic heterocycles. The van der Waals surface area contributed by atoms with E-state index in [1.165, 1.54) is 0 Å². The molecule has 1 unspecified atom stereocenters. The van der Waals surface area contributed by atoms with Crippen LogP contribution < -0.4 is 16.6 Å². The van der Waals surface area contributed by atoms with E-state index in [2.05, 4.69) is 10.7 Å². The summed E-state index contributed by atoms with van der Waals surface area (Å²) in [6, 6.07) is 0. The van der Waals surface area contributed by atoms with Gasteiger partial charge in [-0.1, -0.05) is 0 Å². The molecule has 1 saturated heterocycles. The normalized spacial score (nSPS) is 25.4. The minimum atomic E-state index is -0.366. The molecule has 9 heavy (non-hydrogen) atoms. The lowest BCUT2D eigenvalue weighted by Gasteiger charge is -2.03. The fourth-order valence-corrected chi connectivity index (χ4v) is 0.677. The molecule has 4 N–H and O–H groups in total. The van der Waals surface area contributed by atoms with E-state index in [4.69, 9.17) is 10.6 Å². The highest BCUT2D eigenvalue weighted by Gasteiger charge is 2.20. The molecule has 1 atom stereocenters. The van der Waals surface area contributed by atoms with Crippen LogP contribution in [0.15, 0.2) is 0 Å². The van der Waals surface area contributed by atoms with Crippen LogP contribution in [0.25, 0.3) is 0 Å². The second-order valence-electron chi connectivity index (χ2n) is 1.82. The van der Waals surface area contributed by atoms with Crippen molar-refractivity contribution in [2.75, 3.05) is 13.1 Å². The van der Waals surface area contributed by atoms with E-state index < -0.39 is 0 Å². The van der Waals surface area contributed by atoms with Crippen LogP contribution in [0.5, 0.6) is 0 Å². The zero-order valence-corrected chi connectivity index (χ0v) is 4.89. The second kappa shape index (κ2) is 2.65. The molecule has 1 aliphatic rings. The molecule has 0 aliphatic carbocycles. The lowest BCUT2D eigenvalue weighted by molar-refractivity contribution is 0.139. The van der Waals surface area contributed by atoms with Gasteiger partial charge in [-0.05, 0) is 0 Å². The monoisotopic (exact) mass is 131 g/mol.